The van der Waals surface area contributed by atoms with E-state index in [0.717, 1.165) is 34.7 Å². The molecule has 4 aromatic carbocycles. The lowest BCUT2D eigenvalue weighted by molar-refractivity contribution is -0.140. The summed E-state index contributed by atoms with van der Waals surface area (Å²) in [6.45, 7) is 3.90. The van der Waals surface area contributed by atoms with Crippen LogP contribution in [0.5, 0.6) is 0 Å². The van der Waals surface area contributed by atoms with Crippen LogP contribution >= 0.6 is 23.2 Å². The minimum Gasteiger partial charge on any atom is -0.354 e. The molecule has 4 aromatic rings. The molecule has 1 atom stereocenters. The number of carbonyl (C=O) groups excluding carboxylic acids is 2. The van der Waals surface area contributed by atoms with Crippen molar-refractivity contribution >= 4 is 50.7 Å². The molecule has 0 spiro atoms. The summed E-state index contributed by atoms with van der Waals surface area (Å²) >= 11 is 12.8. The molecule has 10 heteroatoms. The van der Waals surface area contributed by atoms with Crippen molar-refractivity contribution in [3.8, 4) is 0 Å². The number of hydrogen-bond acceptors (Lipinski definition) is 4. The number of unbranched alkanes of at least 4 members (excludes halogenated alkanes) is 1. The van der Waals surface area contributed by atoms with Gasteiger partial charge in [0.25, 0.3) is 10.0 Å². The molecule has 0 saturated heterocycles. The van der Waals surface area contributed by atoms with Gasteiger partial charge in [-0.2, -0.15) is 0 Å². The Morgan fingerprint density at radius 1 is 0.826 bits per heavy atom. The first-order chi connectivity index (χ1) is 22.1. The van der Waals surface area contributed by atoms with Crippen LogP contribution in [0.4, 0.5) is 5.69 Å². The van der Waals surface area contributed by atoms with Gasteiger partial charge in [0.05, 0.1) is 10.6 Å². The molecule has 7 nitrogen and oxygen atoms in total. The normalized spacial score (nSPS) is 11.9. The molecule has 0 fully saturated rings. The van der Waals surface area contributed by atoms with Crippen molar-refractivity contribution < 1.29 is 18.0 Å². The van der Waals surface area contributed by atoms with Gasteiger partial charge in [0.1, 0.15) is 12.6 Å². The van der Waals surface area contributed by atoms with E-state index in [2.05, 4.69) is 5.32 Å². The van der Waals surface area contributed by atoms with Gasteiger partial charge in [0, 0.05) is 29.6 Å². The van der Waals surface area contributed by atoms with E-state index in [0.29, 0.717) is 27.8 Å². The molecule has 0 aromatic heterocycles. The Morgan fingerprint density at radius 3 is 2.09 bits per heavy atom. The minimum atomic E-state index is -4.17. The number of anilines is 1. The summed E-state index contributed by atoms with van der Waals surface area (Å²) in [4.78, 5) is 29.9. The first kappa shape index (κ1) is 35.0. The van der Waals surface area contributed by atoms with E-state index in [1.165, 1.54) is 17.0 Å². The topological polar surface area (TPSA) is 86.8 Å². The highest BCUT2D eigenvalue weighted by Crippen LogP contribution is 2.27. The van der Waals surface area contributed by atoms with Crippen LogP contribution in [0.1, 0.15) is 43.4 Å². The highest BCUT2D eigenvalue weighted by Gasteiger charge is 2.34. The standard InChI is InChI=1S/C36H39Cl2N3O4S/c1-3-5-22-39-36(43)34(23-28-12-8-6-9-13-28)40(25-29-18-19-30(37)24-33(29)38)35(42)26-41(31-20-16-27(4-2)17-21-31)46(44,45)32-14-10-7-11-15-32/h6-21,24,34H,3-5,22-23,25-26H2,1-2H3,(H,39,43)/t34-/m1/s1. The fourth-order valence-electron chi connectivity index (χ4n) is 5.04. The van der Waals surface area contributed by atoms with Gasteiger partial charge in [-0.05, 0) is 65.9 Å². The molecule has 0 bridgehead atoms. The third-order valence-electron chi connectivity index (χ3n) is 7.70. The maximum atomic E-state index is 14.5. The maximum absolute atomic E-state index is 14.5. The lowest BCUT2D eigenvalue weighted by atomic mass is 10.0. The molecular weight excluding hydrogens is 641 g/mol. The summed E-state index contributed by atoms with van der Waals surface area (Å²) in [6, 6.07) is 28.5. The van der Waals surface area contributed by atoms with Crippen molar-refractivity contribution in [2.75, 3.05) is 17.4 Å². The van der Waals surface area contributed by atoms with E-state index >= 15 is 0 Å². The average Bonchev–Trinajstić information content (AvgIpc) is 3.07. The number of carbonyl (C=O) groups is 2. The van der Waals surface area contributed by atoms with Crippen LogP contribution in [0.3, 0.4) is 0 Å². The summed E-state index contributed by atoms with van der Waals surface area (Å²) < 4.78 is 29.3. The molecule has 242 valence electrons. The smallest absolute Gasteiger partial charge is 0.264 e. The van der Waals surface area contributed by atoms with Gasteiger partial charge in [-0.1, -0.05) is 110 Å². The number of amides is 2. The van der Waals surface area contributed by atoms with Crippen molar-refractivity contribution in [1.82, 2.24) is 10.2 Å². The van der Waals surface area contributed by atoms with Crippen molar-refractivity contribution in [3.63, 3.8) is 0 Å². The van der Waals surface area contributed by atoms with E-state index < -0.39 is 28.5 Å². The van der Waals surface area contributed by atoms with Gasteiger partial charge >= 0.3 is 0 Å². The summed E-state index contributed by atoms with van der Waals surface area (Å²) in [7, 11) is -4.17. The van der Waals surface area contributed by atoms with Crippen LogP contribution in [-0.2, 0) is 39.0 Å². The lowest BCUT2D eigenvalue weighted by Crippen LogP contribution is -2.53. The van der Waals surface area contributed by atoms with E-state index in [1.807, 2.05) is 56.3 Å². The number of hydrogen-bond donors (Lipinski definition) is 1. The summed E-state index contributed by atoms with van der Waals surface area (Å²) in [5, 5.41) is 3.75. The predicted molar refractivity (Wildman–Crippen MR) is 186 cm³/mol. The Labute approximate surface area is 282 Å². The van der Waals surface area contributed by atoms with Crippen molar-refractivity contribution in [2.45, 2.75) is 57.0 Å². The van der Waals surface area contributed by atoms with Crippen LogP contribution in [0.2, 0.25) is 10.0 Å². The first-order valence-corrected chi connectivity index (χ1v) is 17.5. The molecule has 4 rings (SSSR count). The summed E-state index contributed by atoms with van der Waals surface area (Å²) in [5.41, 5.74) is 2.79. The summed E-state index contributed by atoms with van der Waals surface area (Å²) in [6.07, 6.45) is 2.65. The Kier molecular flexibility index (Phi) is 12.7. The number of halogens is 2. The van der Waals surface area contributed by atoms with Crippen molar-refractivity contribution in [2.24, 2.45) is 0 Å². The number of aryl methyl sites for hydroxylation is 1. The number of nitrogens with one attached hydrogen (secondary N) is 1. The Hall–Kier alpha value is -3.85. The number of nitrogens with zero attached hydrogens (tertiary/aromatic N) is 2. The number of benzene rings is 4. The van der Waals surface area contributed by atoms with E-state index in [-0.39, 0.29) is 23.8 Å². The molecule has 2 amide bonds. The predicted octanol–water partition coefficient (Wildman–Crippen LogP) is 7.31. The molecular formula is C36H39Cl2N3O4S. The molecule has 1 N–H and O–H groups in total. The second-order valence-corrected chi connectivity index (χ2v) is 13.7. The van der Waals surface area contributed by atoms with E-state index in [1.54, 1.807) is 48.5 Å². The van der Waals surface area contributed by atoms with Crippen LogP contribution in [-0.4, -0.2) is 44.3 Å². The number of sulfonamides is 1. The average molecular weight is 681 g/mol. The zero-order valence-corrected chi connectivity index (χ0v) is 28.4. The van der Waals surface area contributed by atoms with Gasteiger partial charge in [0.15, 0.2) is 0 Å². The lowest BCUT2D eigenvalue weighted by Gasteiger charge is -2.34. The summed E-state index contributed by atoms with van der Waals surface area (Å²) in [5.74, 6) is -0.892. The van der Waals surface area contributed by atoms with Crippen LogP contribution in [0.15, 0.2) is 108 Å². The Morgan fingerprint density at radius 2 is 1.48 bits per heavy atom. The van der Waals surface area contributed by atoms with Gasteiger partial charge in [-0.25, -0.2) is 8.42 Å². The molecule has 0 aliphatic rings. The fourth-order valence-corrected chi connectivity index (χ4v) is 6.94. The van der Waals surface area contributed by atoms with Gasteiger partial charge in [0.2, 0.25) is 11.8 Å². The van der Waals surface area contributed by atoms with Gasteiger partial charge < -0.3 is 10.2 Å². The molecule has 46 heavy (non-hydrogen) atoms. The van der Waals surface area contributed by atoms with Crippen molar-refractivity contribution in [3.05, 3.63) is 130 Å². The van der Waals surface area contributed by atoms with Crippen molar-refractivity contribution in [1.29, 1.82) is 0 Å². The molecule has 0 aliphatic heterocycles. The molecule has 0 saturated carbocycles. The highest BCUT2D eigenvalue weighted by molar-refractivity contribution is 7.92. The second-order valence-electron chi connectivity index (χ2n) is 11.0. The van der Waals surface area contributed by atoms with E-state index in [9.17, 15) is 18.0 Å². The molecule has 0 aliphatic carbocycles. The van der Waals surface area contributed by atoms with Gasteiger partial charge in [-0.3, -0.25) is 13.9 Å². The van der Waals surface area contributed by atoms with Crippen LogP contribution < -0.4 is 9.62 Å². The molecule has 0 unspecified atom stereocenters. The largest absolute Gasteiger partial charge is 0.354 e. The van der Waals surface area contributed by atoms with Crippen LogP contribution in [0, 0.1) is 0 Å². The molecule has 0 heterocycles. The van der Waals surface area contributed by atoms with Gasteiger partial charge in [-0.15, -0.1) is 0 Å². The Balaban J connectivity index is 1.80. The highest BCUT2D eigenvalue weighted by atomic mass is 35.5. The van der Waals surface area contributed by atoms with Crippen LogP contribution in [0.25, 0.3) is 0 Å². The third-order valence-corrected chi connectivity index (χ3v) is 10.1. The number of rotatable bonds is 15. The molecule has 0 radical (unpaired) electrons. The zero-order valence-electron chi connectivity index (χ0n) is 26.0. The second kappa shape index (κ2) is 16.6. The quantitative estimate of drug-likeness (QED) is 0.134. The maximum Gasteiger partial charge on any atom is 0.264 e. The zero-order chi connectivity index (χ0) is 33.1. The first-order valence-electron chi connectivity index (χ1n) is 15.4. The van der Waals surface area contributed by atoms with E-state index in [4.69, 9.17) is 23.2 Å². The fraction of sp³-hybridized carbons (Fsp3) is 0.278. The monoisotopic (exact) mass is 679 g/mol. The SMILES string of the molecule is CCCCNC(=O)[C@@H](Cc1ccccc1)N(Cc1ccc(Cl)cc1Cl)C(=O)CN(c1ccc(CC)cc1)S(=O)(=O)c1ccccc1. The third kappa shape index (κ3) is 9.12. The minimum absolute atomic E-state index is 0.0401. The Bertz CT molecular complexity index is 1700.